The second kappa shape index (κ2) is 10.1. The first-order valence-electron chi connectivity index (χ1n) is 12.3. The molecule has 1 N–H and O–H groups in total. The number of carbonyl (C=O) groups is 1. The van der Waals surface area contributed by atoms with E-state index >= 15 is 0 Å². The Morgan fingerprint density at radius 3 is 2.41 bits per heavy atom. The van der Waals surface area contributed by atoms with Crippen LogP contribution in [0.2, 0.25) is 0 Å². The van der Waals surface area contributed by atoms with Crippen molar-refractivity contribution in [2.24, 2.45) is 11.8 Å². The number of aryl methyl sites for hydroxylation is 1. The van der Waals surface area contributed by atoms with Crippen LogP contribution in [0.4, 0.5) is 5.69 Å². The van der Waals surface area contributed by atoms with Crippen molar-refractivity contribution in [2.45, 2.75) is 58.3 Å². The van der Waals surface area contributed by atoms with Crippen molar-refractivity contribution >= 4 is 11.6 Å². The third-order valence-electron chi connectivity index (χ3n) is 7.20. The lowest BCUT2D eigenvalue weighted by Gasteiger charge is -2.34. The molecule has 2 atom stereocenters. The van der Waals surface area contributed by atoms with Gasteiger partial charge in [0.1, 0.15) is 12.4 Å². The summed E-state index contributed by atoms with van der Waals surface area (Å²) >= 11 is 0. The fourth-order valence-corrected chi connectivity index (χ4v) is 5.72. The normalized spacial score (nSPS) is 23.1. The molecule has 2 aromatic carbocycles. The number of anilines is 1. The third kappa shape index (κ3) is 5.35. The summed E-state index contributed by atoms with van der Waals surface area (Å²) in [7, 11) is 0. The first-order chi connectivity index (χ1) is 15.4. The van der Waals surface area contributed by atoms with Crippen LogP contribution in [-0.2, 0) is 10.2 Å². The van der Waals surface area contributed by atoms with Gasteiger partial charge in [-0.05, 0) is 67.9 Å². The molecule has 2 aliphatic rings. The summed E-state index contributed by atoms with van der Waals surface area (Å²) in [6.07, 6.45) is 5.36. The molecule has 0 unspecified atom stereocenters. The smallest absolute Gasteiger partial charge is 0.235 e. The summed E-state index contributed by atoms with van der Waals surface area (Å²) < 4.78 is 5.99. The first-order valence-corrected chi connectivity index (χ1v) is 12.3. The molecule has 1 saturated carbocycles. The van der Waals surface area contributed by atoms with Gasteiger partial charge in [-0.1, -0.05) is 56.5 Å². The topological polar surface area (TPSA) is 41.6 Å². The van der Waals surface area contributed by atoms with Crippen LogP contribution < -0.4 is 10.1 Å². The third-order valence-corrected chi connectivity index (χ3v) is 7.20. The van der Waals surface area contributed by atoms with Gasteiger partial charge in [-0.25, -0.2) is 0 Å². The van der Waals surface area contributed by atoms with Gasteiger partial charge in [0.2, 0.25) is 5.91 Å². The van der Waals surface area contributed by atoms with Crippen LogP contribution in [0.3, 0.4) is 0 Å². The van der Waals surface area contributed by atoms with Crippen molar-refractivity contribution in [3.8, 4) is 5.75 Å². The lowest BCUT2D eigenvalue weighted by Crippen LogP contribution is -2.40. The molecule has 1 amide bonds. The van der Waals surface area contributed by atoms with Gasteiger partial charge in [0.15, 0.2) is 0 Å². The van der Waals surface area contributed by atoms with Crippen LogP contribution in [-0.4, -0.2) is 37.0 Å². The van der Waals surface area contributed by atoms with Gasteiger partial charge in [0.25, 0.3) is 0 Å². The predicted octanol–water partition coefficient (Wildman–Crippen LogP) is 5.80. The highest BCUT2D eigenvalue weighted by molar-refractivity contribution is 5.99. The van der Waals surface area contributed by atoms with Crippen molar-refractivity contribution in [1.82, 2.24) is 4.90 Å². The molecule has 4 rings (SSSR count). The molecule has 4 nitrogen and oxygen atoms in total. The fraction of sp³-hybridized carbons (Fsp3) is 0.536. The summed E-state index contributed by atoms with van der Waals surface area (Å²) in [5, 5.41) is 3.18. The van der Waals surface area contributed by atoms with Crippen LogP contribution >= 0.6 is 0 Å². The van der Waals surface area contributed by atoms with Gasteiger partial charge in [0, 0.05) is 25.3 Å². The molecule has 172 valence electrons. The maximum absolute atomic E-state index is 13.4. The summed E-state index contributed by atoms with van der Waals surface area (Å²) in [4.78, 5) is 15.9. The lowest BCUT2D eigenvalue weighted by molar-refractivity contribution is -0.121. The van der Waals surface area contributed by atoms with Gasteiger partial charge in [0.05, 0.1) is 5.41 Å². The fourth-order valence-electron chi connectivity index (χ4n) is 5.72. The monoisotopic (exact) mass is 434 g/mol. The van der Waals surface area contributed by atoms with Gasteiger partial charge < -0.3 is 10.1 Å². The maximum atomic E-state index is 13.4. The van der Waals surface area contributed by atoms with E-state index in [1.165, 1.54) is 25.1 Å². The Bertz CT molecular complexity index is 892. The second-order valence-corrected chi connectivity index (χ2v) is 10.2. The number of piperidine rings is 1. The number of nitrogens with zero attached hydrogens (tertiary/aromatic N) is 1. The van der Waals surface area contributed by atoms with Gasteiger partial charge in [-0.3, -0.25) is 9.69 Å². The number of ether oxygens (including phenoxy) is 1. The average Bonchev–Trinajstić information content (AvgIpc) is 3.26. The molecule has 2 fully saturated rings. The van der Waals surface area contributed by atoms with Crippen molar-refractivity contribution in [3.05, 3.63) is 59.7 Å². The number of hydrogen-bond acceptors (Lipinski definition) is 3. The molecule has 4 heteroatoms. The molecule has 1 saturated heterocycles. The van der Waals surface area contributed by atoms with Crippen LogP contribution in [0.5, 0.6) is 5.75 Å². The zero-order valence-electron chi connectivity index (χ0n) is 19.9. The van der Waals surface area contributed by atoms with E-state index in [1.54, 1.807) is 0 Å². The summed E-state index contributed by atoms with van der Waals surface area (Å²) in [5.74, 6) is 2.51. The average molecular weight is 435 g/mol. The van der Waals surface area contributed by atoms with Crippen molar-refractivity contribution in [1.29, 1.82) is 0 Å². The van der Waals surface area contributed by atoms with E-state index in [2.05, 4.69) is 55.3 Å². The zero-order valence-corrected chi connectivity index (χ0v) is 19.9. The molecule has 1 aliphatic carbocycles. The van der Waals surface area contributed by atoms with E-state index < -0.39 is 5.41 Å². The second-order valence-electron chi connectivity index (χ2n) is 10.2. The van der Waals surface area contributed by atoms with E-state index in [0.29, 0.717) is 6.61 Å². The van der Waals surface area contributed by atoms with Gasteiger partial charge in [-0.15, -0.1) is 0 Å². The Balaban J connectivity index is 1.33. The SMILES string of the molecule is Cc1cccc(C2(C(=O)Nc3ccc(OCCN4C[C@H](C)C[C@H](C)C4)cc3)CCCC2)c1. The highest BCUT2D eigenvalue weighted by Gasteiger charge is 2.42. The number of benzene rings is 2. The molecule has 2 aromatic rings. The summed E-state index contributed by atoms with van der Waals surface area (Å²) in [6.45, 7) is 10.8. The minimum absolute atomic E-state index is 0.114. The number of likely N-dealkylation sites (tertiary alicyclic amines) is 1. The first kappa shape index (κ1) is 22.8. The Morgan fingerprint density at radius 2 is 1.75 bits per heavy atom. The maximum Gasteiger partial charge on any atom is 0.235 e. The van der Waals surface area contributed by atoms with Crippen LogP contribution in [0, 0.1) is 18.8 Å². The minimum atomic E-state index is -0.413. The number of rotatable bonds is 7. The highest BCUT2D eigenvalue weighted by Crippen LogP contribution is 2.42. The zero-order chi connectivity index (χ0) is 22.6. The van der Waals surface area contributed by atoms with E-state index in [9.17, 15) is 4.79 Å². The Morgan fingerprint density at radius 1 is 1.06 bits per heavy atom. The largest absolute Gasteiger partial charge is 0.492 e. The van der Waals surface area contributed by atoms with Crippen molar-refractivity contribution < 1.29 is 9.53 Å². The molecule has 0 radical (unpaired) electrons. The van der Waals surface area contributed by atoms with Crippen LogP contribution in [0.15, 0.2) is 48.5 Å². The van der Waals surface area contributed by atoms with E-state index in [1.807, 2.05) is 24.3 Å². The van der Waals surface area contributed by atoms with E-state index in [4.69, 9.17) is 4.74 Å². The van der Waals surface area contributed by atoms with Crippen molar-refractivity contribution in [3.63, 3.8) is 0 Å². The molecular weight excluding hydrogens is 396 g/mol. The van der Waals surface area contributed by atoms with E-state index in [-0.39, 0.29) is 5.91 Å². The quantitative estimate of drug-likeness (QED) is 0.599. The molecule has 1 heterocycles. The molecule has 0 bridgehead atoms. The molecular formula is C28H38N2O2. The Labute approximate surface area is 193 Å². The van der Waals surface area contributed by atoms with Crippen LogP contribution in [0.1, 0.15) is 57.1 Å². The number of hydrogen-bond donors (Lipinski definition) is 1. The Kier molecular flexibility index (Phi) is 7.20. The lowest BCUT2D eigenvalue weighted by atomic mass is 9.77. The Hall–Kier alpha value is -2.33. The summed E-state index contributed by atoms with van der Waals surface area (Å²) in [6, 6.07) is 16.3. The molecule has 1 aliphatic heterocycles. The molecule has 32 heavy (non-hydrogen) atoms. The highest BCUT2D eigenvalue weighted by atomic mass is 16.5. The number of amides is 1. The number of carbonyl (C=O) groups excluding carboxylic acids is 1. The predicted molar refractivity (Wildman–Crippen MR) is 131 cm³/mol. The number of nitrogens with one attached hydrogen (secondary N) is 1. The molecule has 0 aromatic heterocycles. The van der Waals surface area contributed by atoms with Crippen molar-refractivity contribution in [2.75, 3.05) is 31.6 Å². The standard InChI is InChI=1S/C28H38N2O2/c1-21-7-6-8-24(18-21)28(13-4-5-14-28)27(31)29-25-9-11-26(12-10-25)32-16-15-30-19-22(2)17-23(3)20-30/h6-12,18,22-23H,4-5,13-17,19-20H2,1-3H3,(H,29,31)/t22-,23+. The summed E-state index contributed by atoms with van der Waals surface area (Å²) in [5.41, 5.74) is 2.77. The molecule has 0 spiro atoms. The van der Waals surface area contributed by atoms with Crippen LogP contribution in [0.25, 0.3) is 0 Å². The van der Waals surface area contributed by atoms with Gasteiger partial charge >= 0.3 is 0 Å². The minimum Gasteiger partial charge on any atom is -0.492 e. The van der Waals surface area contributed by atoms with Gasteiger partial charge in [-0.2, -0.15) is 0 Å². The van der Waals surface area contributed by atoms with E-state index in [0.717, 1.165) is 61.1 Å².